The molecule has 5 heteroatoms. The van der Waals surface area contributed by atoms with Crippen LogP contribution in [0.5, 0.6) is 0 Å². The first kappa shape index (κ1) is 17.0. The van der Waals surface area contributed by atoms with Gasteiger partial charge in [0.25, 0.3) is 5.91 Å². The molecule has 0 saturated carbocycles. The molecule has 0 aliphatic rings. The highest BCUT2D eigenvalue weighted by Gasteiger charge is 2.13. The van der Waals surface area contributed by atoms with Gasteiger partial charge in [-0.05, 0) is 41.5 Å². The average Bonchev–Trinajstić information content (AvgIpc) is 3.35. The van der Waals surface area contributed by atoms with E-state index in [1.54, 1.807) is 18.6 Å². The molecule has 136 valence electrons. The van der Waals surface area contributed by atoms with E-state index < -0.39 is 0 Å². The van der Waals surface area contributed by atoms with Gasteiger partial charge < -0.3 is 19.1 Å². The highest BCUT2D eigenvalue weighted by atomic mass is 16.3. The largest absolute Gasteiger partial charge is 0.472 e. The van der Waals surface area contributed by atoms with Crippen molar-refractivity contribution in [2.45, 2.75) is 6.54 Å². The second-order valence-electron chi connectivity index (χ2n) is 6.62. The Labute approximate surface area is 157 Å². The quantitative estimate of drug-likeness (QED) is 0.561. The van der Waals surface area contributed by atoms with Crippen molar-refractivity contribution in [2.24, 2.45) is 0 Å². The second-order valence-corrected chi connectivity index (χ2v) is 6.62. The van der Waals surface area contributed by atoms with Crippen LogP contribution in [0.3, 0.4) is 0 Å². The van der Waals surface area contributed by atoms with Crippen LogP contribution in [0, 0.1) is 0 Å². The molecule has 4 rings (SSSR count). The molecule has 27 heavy (non-hydrogen) atoms. The van der Waals surface area contributed by atoms with Crippen LogP contribution in [0.2, 0.25) is 0 Å². The molecule has 0 saturated heterocycles. The average molecular weight is 360 g/mol. The number of nitrogens with one attached hydrogen (secondary N) is 1. The first-order valence-corrected chi connectivity index (χ1v) is 8.71. The molecular formula is C22H20N2O3. The Morgan fingerprint density at radius 2 is 1.81 bits per heavy atom. The molecule has 4 aromatic rings. The number of benzene rings is 2. The maximum Gasteiger partial charge on any atom is 0.287 e. The SMILES string of the molecule is CN(C)c1ccc(CNC(=O)c2cc3ccc(-c4ccoc4)cc3o2)cc1. The first-order valence-electron chi connectivity index (χ1n) is 8.71. The molecule has 2 aromatic heterocycles. The van der Waals surface area contributed by atoms with E-state index in [9.17, 15) is 4.79 Å². The Kier molecular flexibility index (Phi) is 4.42. The van der Waals surface area contributed by atoms with E-state index in [2.05, 4.69) is 5.32 Å². The molecule has 0 aliphatic carbocycles. The minimum Gasteiger partial charge on any atom is -0.472 e. The fourth-order valence-corrected chi connectivity index (χ4v) is 2.93. The van der Waals surface area contributed by atoms with Gasteiger partial charge in [-0.3, -0.25) is 4.79 Å². The van der Waals surface area contributed by atoms with Crippen LogP contribution in [0.4, 0.5) is 5.69 Å². The molecule has 1 N–H and O–H groups in total. The zero-order valence-corrected chi connectivity index (χ0v) is 15.2. The van der Waals surface area contributed by atoms with Crippen molar-refractivity contribution in [3.63, 3.8) is 0 Å². The molecule has 0 radical (unpaired) electrons. The van der Waals surface area contributed by atoms with Crippen molar-refractivity contribution < 1.29 is 13.6 Å². The first-order chi connectivity index (χ1) is 13.1. The zero-order valence-electron chi connectivity index (χ0n) is 15.2. The second kappa shape index (κ2) is 7.03. The lowest BCUT2D eigenvalue weighted by Crippen LogP contribution is -2.22. The summed E-state index contributed by atoms with van der Waals surface area (Å²) in [4.78, 5) is 14.5. The van der Waals surface area contributed by atoms with Gasteiger partial charge in [0.15, 0.2) is 5.76 Å². The van der Waals surface area contributed by atoms with E-state index in [1.165, 1.54) is 0 Å². The maximum atomic E-state index is 12.4. The normalized spacial score (nSPS) is 10.9. The van der Waals surface area contributed by atoms with Crippen molar-refractivity contribution in [1.29, 1.82) is 0 Å². The molecule has 2 aromatic carbocycles. The van der Waals surface area contributed by atoms with E-state index in [1.807, 2.05) is 67.5 Å². The van der Waals surface area contributed by atoms with Crippen molar-refractivity contribution >= 4 is 22.6 Å². The summed E-state index contributed by atoms with van der Waals surface area (Å²) in [7, 11) is 3.99. The highest BCUT2D eigenvalue weighted by Crippen LogP contribution is 2.27. The van der Waals surface area contributed by atoms with Crippen LogP contribution in [0.1, 0.15) is 16.1 Å². The summed E-state index contributed by atoms with van der Waals surface area (Å²) < 4.78 is 10.9. The predicted octanol–water partition coefficient (Wildman–Crippen LogP) is 4.69. The van der Waals surface area contributed by atoms with Gasteiger partial charge in [0.05, 0.1) is 12.5 Å². The molecule has 0 atom stereocenters. The minimum atomic E-state index is -0.229. The molecule has 0 unspecified atom stereocenters. The van der Waals surface area contributed by atoms with Crippen molar-refractivity contribution in [2.75, 3.05) is 19.0 Å². The van der Waals surface area contributed by atoms with E-state index in [4.69, 9.17) is 8.83 Å². The third-order valence-electron chi connectivity index (χ3n) is 4.50. The number of fused-ring (bicyclic) bond motifs is 1. The Morgan fingerprint density at radius 3 is 2.52 bits per heavy atom. The molecule has 2 heterocycles. The fourth-order valence-electron chi connectivity index (χ4n) is 2.93. The number of furan rings is 2. The smallest absolute Gasteiger partial charge is 0.287 e. The van der Waals surface area contributed by atoms with Crippen LogP contribution < -0.4 is 10.2 Å². The van der Waals surface area contributed by atoms with Gasteiger partial charge in [-0.1, -0.05) is 24.3 Å². The summed E-state index contributed by atoms with van der Waals surface area (Å²) in [5, 5.41) is 3.80. The topological polar surface area (TPSA) is 58.6 Å². The Hall–Kier alpha value is -3.47. The third kappa shape index (κ3) is 3.58. The highest BCUT2D eigenvalue weighted by molar-refractivity contribution is 5.96. The lowest BCUT2D eigenvalue weighted by Gasteiger charge is -2.12. The number of nitrogens with zero attached hydrogens (tertiary/aromatic N) is 1. The Balaban J connectivity index is 1.47. The molecule has 1 amide bonds. The molecule has 0 aliphatic heterocycles. The van der Waals surface area contributed by atoms with Gasteiger partial charge in [0.2, 0.25) is 0 Å². The van der Waals surface area contributed by atoms with Crippen molar-refractivity contribution in [3.8, 4) is 11.1 Å². The van der Waals surface area contributed by atoms with Crippen LogP contribution in [-0.4, -0.2) is 20.0 Å². The molecular weight excluding hydrogens is 340 g/mol. The van der Waals surface area contributed by atoms with Gasteiger partial charge in [-0.15, -0.1) is 0 Å². The number of hydrogen-bond acceptors (Lipinski definition) is 4. The number of carbonyl (C=O) groups is 1. The van der Waals surface area contributed by atoms with Gasteiger partial charge in [-0.2, -0.15) is 0 Å². The number of hydrogen-bond donors (Lipinski definition) is 1. The monoisotopic (exact) mass is 360 g/mol. The summed E-state index contributed by atoms with van der Waals surface area (Å²) in [6, 6.07) is 17.6. The molecule has 5 nitrogen and oxygen atoms in total. The number of amides is 1. The Morgan fingerprint density at radius 1 is 1.00 bits per heavy atom. The van der Waals surface area contributed by atoms with Crippen molar-refractivity contribution in [1.82, 2.24) is 5.32 Å². The van der Waals surface area contributed by atoms with Crippen LogP contribution >= 0.6 is 0 Å². The molecule has 0 spiro atoms. The fraction of sp³-hybridized carbons (Fsp3) is 0.136. The lowest BCUT2D eigenvalue weighted by atomic mass is 10.1. The van der Waals surface area contributed by atoms with Gasteiger partial charge in [0.1, 0.15) is 5.58 Å². The number of rotatable bonds is 5. The lowest BCUT2D eigenvalue weighted by molar-refractivity contribution is 0.0925. The number of carbonyl (C=O) groups excluding carboxylic acids is 1. The Bertz CT molecular complexity index is 1060. The van der Waals surface area contributed by atoms with Crippen LogP contribution in [0.25, 0.3) is 22.1 Å². The summed E-state index contributed by atoms with van der Waals surface area (Å²) in [6.45, 7) is 0.448. The zero-order chi connectivity index (χ0) is 18.8. The standard InChI is InChI=1S/C22H20N2O3/c1-24(2)19-7-3-15(4-8-19)13-23-22(25)21-12-17-6-5-16(11-20(17)27-21)18-9-10-26-14-18/h3-12,14H,13H2,1-2H3,(H,23,25). The van der Waals surface area contributed by atoms with Gasteiger partial charge >= 0.3 is 0 Å². The predicted molar refractivity (Wildman–Crippen MR) is 106 cm³/mol. The molecule has 0 fully saturated rings. The van der Waals surface area contributed by atoms with Gasteiger partial charge in [0, 0.05) is 37.3 Å². The molecule has 0 bridgehead atoms. The summed E-state index contributed by atoms with van der Waals surface area (Å²) in [5.41, 5.74) is 4.79. The van der Waals surface area contributed by atoms with E-state index in [-0.39, 0.29) is 5.91 Å². The number of anilines is 1. The van der Waals surface area contributed by atoms with Crippen LogP contribution in [-0.2, 0) is 6.54 Å². The minimum absolute atomic E-state index is 0.229. The third-order valence-corrected chi connectivity index (χ3v) is 4.50. The van der Waals surface area contributed by atoms with E-state index >= 15 is 0 Å². The van der Waals surface area contributed by atoms with E-state index in [0.717, 1.165) is 27.8 Å². The van der Waals surface area contributed by atoms with E-state index in [0.29, 0.717) is 17.9 Å². The summed E-state index contributed by atoms with van der Waals surface area (Å²) >= 11 is 0. The summed E-state index contributed by atoms with van der Waals surface area (Å²) in [5.74, 6) is 0.0759. The maximum absolute atomic E-state index is 12.4. The summed E-state index contributed by atoms with van der Waals surface area (Å²) in [6.07, 6.45) is 3.31. The van der Waals surface area contributed by atoms with Gasteiger partial charge in [-0.25, -0.2) is 0 Å². The van der Waals surface area contributed by atoms with Crippen LogP contribution in [0.15, 0.2) is 76.0 Å². The van der Waals surface area contributed by atoms with Crippen molar-refractivity contribution in [3.05, 3.63) is 78.4 Å².